The van der Waals surface area contributed by atoms with Crippen LogP contribution < -0.4 is 10.1 Å². The topological polar surface area (TPSA) is 49.8 Å². The fraction of sp³-hybridized carbons (Fsp3) is 0.478. The number of piperidine rings is 1. The Labute approximate surface area is 167 Å². The predicted octanol–water partition coefficient (Wildman–Crippen LogP) is 3.47. The van der Waals surface area contributed by atoms with E-state index in [-0.39, 0.29) is 0 Å². The third-order valence-electron chi connectivity index (χ3n) is 6.06. The molecule has 4 rings (SSSR count). The number of rotatable bonds is 6. The monoisotopic (exact) mass is 378 g/mol. The van der Waals surface area contributed by atoms with Gasteiger partial charge in [0.2, 0.25) is 0 Å². The number of pyridine rings is 1. The number of likely N-dealkylation sites (N-methyl/N-ethyl adjacent to an activating group) is 1. The lowest BCUT2D eigenvalue weighted by Gasteiger charge is -2.32. The van der Waals surface area contributed by atoms with Crippen LogP contribution in [0.4, 0.5) is 5.69 Å². The number of aryl methyl sites for hydroxylation is 1. The molecule has 0 saturated carbocycles. The number of benzene rings is 1. The third kappa shape index (κ3) is 3.82. The van der Waals surface area contributed by atoms with Gasteiger partial charge in [-0.15, -0.1) is 0 Å². The van der Waals surface area contributed by atoms with Gasteiger partial charge < -0.3 is 15.0 Å². The van der Waals surface area contributed by atoms with E-state index < -0.39 is 0 Å². The van der Waals surface area contributed by atoms with Gasteiger partial charge in [-0.25, -0.2) is 0 Å². The van der Waals surface area contributed by atoms with Gasteiger partial charge in [-0.05, 0) is 68.6 Å². The zero-order chi connectivity index (χ0) is 19.5. The van der Waals surface area contributed by atoms with Gasteiger partial charge in [0, 0.05) is 31.3 Å². The van der Waals surface area contributed by atoms with Crippen molar-refractivity contribution in [3.63, 3.8) is 0 Å². The Bertz CT molecular complexity index is 869. The molecule has 0 radical (unpaired) electrons. The van der Waals surface area contributed by atoms with Crippen LogP contribution in [0.15, 0.2) is 35.6 Å². The van der Waals surface area contributed by atoms with Crippen molar-refractivity contribution < 1.29 is 4.74 Å². The van der Waals surface area contributed by atoms with Crippen LogP contribution in [0.1, 0.15) is 41.0 Å². The molecule has 3 heterocycles. The lowest BCUT2D eigenvalue weighted by atomic mass is 9.86. The predicted molar refractivity (Wildman–Crippen MR) is 114 cm³/mol. The number of ether oxygens (including phenoxy) is 1. The van der Waals surface area contributed by atoms with Gasteiger partial charge in [0.15, 0.2) is 0 Å². The van der Waals surface area contributed by atoms with Crippen LogP contribution in [0.5, 0.6) is 5.75 Å². The summed E-state index contributed by atoms with van der Waals surface area (Å²) in [5.74, 6) is 1.45. The van der Waals surface area contributed by atoms with Gasteiger partial charge in [0.05, 0.1) is 24.7 Å². The molecule has 1 aromatic carbocycles. The molecule has 2 aromatic rings. The zero-order valence-electron chi connectivity index (χ0n) is 17.2. The van der Waals surface area contributed by atoms with Gasteiger partial charge in [0.25, 0.3) is 0 Å². The van der Waals surface area contributed by atoms with E-state index in [4.69, 9.17) is 9.73 Å². The fourth-order valence-electron chi connectivity index (χ4n) is 4.46. The molecule has 28 heavy (non-hydrogen) atoms. The van der Waals surface area contributed by atoms with Gasteiger partial charge in [0.1, 0.15) is 5.75 Å². The van der Waals surface area contributed by atoms with E-state index in [1.807, 2.05) is 19.3 Å². The van der Waals surface area contributed by atoms with Crippen LogP contribution in [0, 0.1) is 6.92 Å². The lowest BCUT2D eigenvalue weighted by molar-refractivity contribution is 0.214. The molecule has 1 N–H and O–H groups in total. The van der Waals surface area contributed by atoms with Crippen molar-refractivity contribution in [2.75, 3.05) is 40.3 Å². The van der Waals surface area contributed by atoms with Crippen LogP contribution in [0.2, 0.25) is 0 Å². The van der Waals surface area contributed by atoms with Crippen LogP contribution >= 0.6 is 0 Å². The van der Waals surface area contributed by atoms with Gasteiger partial charge in [-0.2, -0.15) is 0 Å². The molecule has 0 bridgehead atoms. The molecule has 5 heteroatoms. The first-order valence-corrected chi connectivity index (χ1v) is 10.3. The second-order valence-electron chi connectivity index (χ2n) is 7.88. The smallest absolute Gasteiger partial charge is 0.146 e. The summed E-state index contributed by atoms with van der Waals surface area (Å²) in [4.78, 5) is 11.7. The Kier molecular flexibility index (Phi) is 5.74. The normalized spacial score (nSPS) is 17.5. The minimum absolute atomic E-state index is 0.661. The highest BCUT2D eigenvalue weighted by atomic mass is 16.5. The standard InChI is InChI=1S/C23H30N4O/c1-16-12-18(17-5-9-27(10-6-17)11-8-24-2)13-19-14-21(26-23(16)19)20-4-7-25-15-22(20)28-3/h4,7,12-13,15,17,24H,5-6,8-11,14H2,1-3H3. The van der Waals surface area contributed by atoms with Crippen LogP contribution in [0.3, 0.4) is 0 Å². The summed E-state index contributed by atoms with van der Waals surface area (Å²) < 4.78 is 5.49. The van der Waals surface area contributed by atoms with Crippen molar-refractivity contribution >= 4 is 11.4 Å². The number of methoxy groups -OCH3 is 1. The van der Waals surface area contributed by atoms with Crippen LogP contribution in [0.25, 0.3) is 0 Å². The van der Waals surface area contributed by atoms with E-state index >= 15 is 0 Å². The molecular formula is C23H30N4O. The summed E-state index contributed by atoms with van der Waals surface area (Å²) in [5, 5.41) is 3.25. The van der Waals surface area contributed by atoms with E-state index in [0.717, 1.165) is 42.2 Å². The van der Waals surface area contributed by atoms with Gasteiger partial charge in [-0.3, -0.25) is 9.98 Å². The number of fused-ring (bicyclic) bond motifs is 1. The van der Waals surface area contributed by atoms with Gasteiger partial charge >= 0.3 is 0 Å². The SMILES string of the molecule is CNCCN1CCC(c2cc(C)c3c(c2)CC(c2ccncc2OC)=N3)CC1. The lowest BCUT2D eigenvalue weighted by Crippen LogP contribution is -2.37. The summed E-state index contributed by atoms with van der Waals surface area (Å²) >= 11 is 0. The molecule has 0 atom stereocenters. The molecule has 1 fully saturated rings. The summed E-state index contributed by atoms with van der Waals surface area (Å²) in [7, 11) is 3.72. The maximum absolute atomic E-state index is 5.49. The average molecular weight is 379 g/mol. The molecule has 1 aromatic heterocycles. The first-order valence-electron chi connectivity index (χ1n) is 10.3. The van der Waals surface area contributed by atoms with Crippen molar-refractivity contribution in [2.45, 2.75) is 32.1 Å². The average Bonchev–Trinajstić information content (AvgIpc) is 3.17. The van der Waals surface area contributed by atoms with Crippen LogP contribution in [-0.2, 0) is 6.42 Å². The van der Waals surface area contributed by atoms with Crippen molar-refractivity contribution in [1.82, 2.24) is 15.2 Å². The largest absolute Gasteiger partial charge is 0.494 e. The minimum Gasteiger partial charge on any atom is -0.494 e. The van der Waals surface area contributed by atoms with Crippen molar-refractivity contribution in [2.24, 2.45) is 4.99 Å². The molecule has 1 saturated heterocycles. The molecule has 0 spiro atoms. The highest BCUT2D eigenvalue weighted by molar-refractivity contribution is 6.08. The van der Waals surface area contributed by atoms with E-state index in [1.165, 1.54) is 42.6 Å². The maximum Gasteiger partial charge on any atom is 0.146 e. The number of hydrogen-bond donors (Lipinski definition) is 1. The molecule has 148 valence electrons. The summed E-state index contributed by atoms with van der Waals surface area (Å²) in [5.41, 5.74) is 7.39. The number of nitrogens with one attached hydrogen (secondary N) is 1. The quantitative estimate of drug-likeness (QED) is 0.836. The first kappa shape index (κ1) is 19.1. The zero-order valence-corrected chi connectivity index (χ0v) is 17.2. The number of hydrogen-bond acceptors (Lipinski definition) is 5. The van der Waals surface area contributed by atoms with E-state index in [0.29, 0.717) is 5.92 Å². The van der Waals surface area contributed by atoms with Gasteiger partial charge in [-0.1, -0.05) is 12.1 Å². The Hall–Kier alpha value is -2.24. The molecule has 0 aliphatic carbocycles. The molecular weight excluding hydrogens is 348 g/mol. The second kappa shape index (κ2) is 8.41. The maximum atomic E-state index is 5.49. The molecule has 0 unspecified atom stereocenters. The molecule has 2 aliphatic rings. The first-order chi connectivity index (χ1) is 13.7. The summed E-state index contributed by atoms with van der Waals surface area (Å²) in [6.07, 6.45) is 6.93. The number of aliphatic imine (C=N–C) groups is 1. The van der Waals surface area contributed by atoms with Crippen molar-refractivity contribution in [1.29, 1.82) is 0 Å². The third-order valence-corrected chi connectivity index (χ3v) is 6.06. The number of likely N-dealkylation sites (tertiary alicyclic amines) is 1. The van der Waals surface area contributed by atoms with E-state index in [9.17, 15) is 0 Å². The van der Waals surface area contributed by atoms with E-state index in [1.54, 1.807) is 13.3 Å². The summed E-state index contributed by atoms with van der Waals surface area (Å²) in [6, 6.07) is 6.77. The fourth-order valence-corrected chi connectivity index (χ4v) is 4.46. The molecule has 0 amide bonds. The Morgan fingerprint density at radius 3 is 2.82 bits per heavy atom. The minimum atomic E-state index is 0.661. The molecule has 5 nitrogen and oxygen atoms in total. The second-order valence-corrected chi connectivity index (χ2v) is 7.88. The Balaban J connectivity index is 1.51. The van der Waals surface area contributed by atoms with E-state index in [2.05, 4.69) is 34.3 Å². The Morgan fingerprint density at radius 1 is 1.25 bits per heavy atom. The number of aromatic nitrogens is 1. The number of nitrogens with zero attached hydrogens (tertiary/aromatic N) is 3. The van der Waals surface area contributed by atoms with Crippen molar-refractivity contribution in [3.8, 4) is 5.75 Å². The highest BCUT2D eigenvalue weighted by Gasteiger charge is 2.25. The summed E-state index contributed by atoms with van der Waals surface area (Å²) in [6.45, 7) is 6.80. The van der Waals surface area contributed by atoms with Crippen LogP contribution in [-0.4, -0.2) is 55.9 Å². The van der Waals surface area contributed by atoms with Crippen molar-refractivity contribution in [3.05, 3.63) is 52.8 Å². The molecule has 2 aliphatic heterocycles. The Morgan fingerprint density at radius 2 is 2.07 bits per heavy atom. The highest BCUT2D eigenvalue weighted by Crippen LogP contribution is 2.38.